The molecule has 0 bridgehead atoms. The number of aromatic nitrogens is 3. The second-order valence-electron chi connectivity index (χ2n) is 7.89. The van der Waals surface area contributed by atoms with Gasteiger partial charge in [0.25, 0.3) is 5.91 Å². The monoisotopic (exact) mass is 470 g/mol. The molecule has 4 aromatic rings. The Bertz CT molecular complexity index is 1250. The Kier molecular flexibility index (Phi) is 6.40. The third-order valence-electron chi connectivity index (χ3n) is 4.72. The van der Waals surface area contributed by atoms with E-state index in [0.717, 1.165) is 12.1 Å². The predicted octanol–water partition coefficient (Wildman–Crippen LogP) is 5.83. The lowest BCUT2D eigenvalue weighted by molar-refractivity contribution is -0.137. The quantitative estimate of drug-likeness (QED) is 0.367. The molecular formula is C24H21F3N4O3. The van der Waals surface area contributed by atoms with Gasteiger partial charge in [0.2, 0.25) is 0 Å². The highest BCUT2D eigenvalue weighted by molar-refractivity contribution is 6.02. The van der Waals surface area contributed by atoms with Gasteiger partial charge in [0, 0.05) is 11.3 Å². The van der Waals surface area contributed by atoms with Crippen LogP contribution in [0.4, 0.5) is 18.9 Å². The zero-order valence-electron chi connectivity index (χ0n) is 18.3. The van der Waals surface area contributed by atoms with Crippen molar-refractivity contribution in [2.45, 2.75) is 20.0 Å². The van der Waals surface area contributed by atoms with E-state index in [9.17, 15) is 18.0 Å². The molecule has 10 heteroatoms. The molecule has 0 saturated carbocycles. The fourth-order valence-corrected chi connectivity index (χ4v) is 3.06. The molecule has 0 unspecified atom stereocenters. The van der Waals surface area contributed by atoms with Crippen molar-refractivity contribution in [1.29, 1.82) is 0 Å². The fraction of sp³-hybridized carbons (Fsp3) is 0.208. The van der Waals surface area contributed by atoms with Crippen LogP contribution in [-0.4, -0.2) is 27.3 Å². The lowest BCUT2D eigenvalue weighted by Crippen LogP contribution is -2.11. The average molecular weight is 470 g/mol. The van der Waals surface area contributed by atoms with Crippen LogP contribution >= 0.6 is 0 Å². The van der Waals surface area contributed by atoms with Gasteiger partial charge in [0.15, 0.2) is 11.6 Å². The van der Waals surface area contributed by atoms with E-state index in [-0.39, 0.29) is 17.7 Å². The summed E-state index contributed by atoms with van der Waals surface area (Å²) in [6.45, 7) is 4.33. The topological polar surface area (TPSA) is 82.2 Å². The molecule has 7 nitrogen and oxygen atoms in total. The van der Waals surface area contributed by atoms with Crippen molar-refractivity contribution in [3.05, 3.63) is 78.3 Å². The van der Waals surface area contributed by atoms with Crippen molar-refractivity contribution >= 4 is 11.6 Å². The summed E-state index contributed by atoms with van der Waals surface area (Å²) >= 11 is 0. The van der Waals surface area contributed by atoms with Crippen LogP contribution in [0, 0.1) is 5.92 Å². The number of benzene rings is 2. The Hall–Kier alpha value is -4.08. The van der Waals surface area contributed by atoms with Crippen LogP contribution in [0.15, 0.2) is 71.3 Å². The molecule has 4 rings (SSSR count). The van der Waals surface area contributed by atoms with Crippen LogP contribution in [0.1, 0.15) is 30.0 Å². The Labute approximate surface area is 193 Å². The lowest BCUT2D eigenvalue weighted by Gasteiger charge is -2.09. The van der Waals surface area contributed by atoms with Gasteiger partial charge in [-0.2, -0.15) is 18.2 Å². The number of amides is 1. The van der Waals surface area contributed by atoms with Gasteiger partial charge in [-0.15, -0.1) is 5.10 Å². The summed E-state index contributed by atoms with van der Waals surface area (Å²) in [5, 5.41) is 7.11. The molecule has 34 heavy (non-hydrogen) atoms. The van der Waals surface area contributed by atoms with Gasteiger partial charge in [-0.3, -0.25) is 4.79 Å². The van der Waals surface area contributed by atoms with Crippen molar-refractivity contribution in [3.8, 4) is 23.1 Å². The van der Waals surface area contributed by atoms with Gasteiger partial charge in [0.1, 0.15) is 0 Å². The molecule has 176 valence electrons. The second kappa shape index (κ2) is 9.42. The Morgan fingerprint density at radius 2 is 1.79 bits per heavy atom. The summed E-state index contributed by atoms with van der Waals surface area (Å²) in [4.78, 5) is 16.6. The minimum atomic E-state index is -4.44. The number of carbonyl (C=O) groups excluding carboxylic acids is 1. The maximum absolute atomic E-state index is 13.0. The molecule has 0 radical (unpaired) electrons. The van der Waals surface area contributed by atoms with Crippen LogP contribution < -0.4 is 10.1 Å². The third kappa shape index (κ3) is 5.28. The van der Waals surface area contributed by atoms with Crippen molar-refractivity contribution in [2.75, 3.05) is 11.9 Å². The Morgan fingerprint density at radius 1 is 1.09 bits per heavy atom. The summed E-state index contributed by atoms with van der Waals surface area (Å²) in [6, 6.07) is 14.7. The van der Waals surface area contributed by atoms with Gasteiger partial charge in [-0.25, -0.2) is 4.68 Å². The van der Waals surface area contributed by atoms with Crippen LogP contribution in [-0.2, 0) is 6.18 Å². The molecule has 2 aromatic carbocycles. The highest BCUT2D eigenvalue weighted by Gasteiger charge is 2.30. The Morgan fingerprint density at radius 3 is 2.38 bits per heavy atom. The molecule has 0 aliphatic carbocycles. The smallest absolute Gasteiger partial charge is 0.416 e. The van der Waals surface area contributed by atoms with E-state index >= 15 is 0 Å². The number of carbonyl (C=O) groups is 1. The molecule has 0 saturated heterocycles. The molecular weight excluding hydrogens is 449 g/mol. The zero-order valence-corrected chi connectivity index (χ0v) is 18.3. The number of furan rings is 1. The number of rotatable bonds is 7. The molecule has 1 N–H and O–H groups in total. The first-order valence-electron chi connectivity index (χ1n) is 10.4. The normalized spacial score (nSPS) is 11.6. The SMILES string of the molecule is CC(C)COc1nc(-c2ccc(C(F)(F)F)cc2)n(-c2ccc(NC(=O)c3ccco3)cc2)n1. The fourth-order valence-electron chi connectivity index (χ4n) is 3.06. The first-order valence-corrected chi connectivity index (χ1v) is 10.4. The number of halogens is 3. The van der Waals surface area contributed by atoms with E-state index in [4.69, 9.17) is 9.15 Å². The van der Waals surface area contributed by atoms with E-state index in [1.807, 2.05) is 13.8 Å². The van der Waals surface area contributed by atoms with Crippen LogP contribution in [0.25, 0.3) is 17.1 Å². The highest BCUT2D eigenvalue weighted by Crippen LogP contribution is 2.31. The maximum atomic E-state index is 13.0. The van der Waals surface area contributed by atoms with Crippen molar-refractivity contribution in [3.63, 3.8) is 0 Å². The molecule has 0 aliphatic heterocycles. The first kappa shape index (κ1) is 23.1. The van der Waals surface area contributed by atoms with Crippen molar-refractivity contribution in [1.82, 2.24) is 14.8 Å². The van der Waals surface area contributed by atoms with Gasteiger partial charge >= 0.3 is 12.2 Å². The summed E-state index contributed by atoms with van der Waals surface area (Å²) in [6.07, 6.45) is -3.03. The van der Waals surface area contributed by atoms with E-state index in [1.165, 1.54) is 23.1 Å². The van der Waals surface area contributed by atoms with Gasteiger partial charge in [-0.05, 0) is 54.4 Å². The largest absolute Gasteiger partial charge is 0.462 e. The number of nitrogens with one attached hydrogen (secondary N) is 1. The number of nitrogens with zero attached hydrogens (tertiary/aromatic N) is 3. The second-order valence-corrected chi connectivity index (χ2v) is 7.89. The molecule has 0 aliphatic rings. The number of hydrogen-bond acceptors (Lipinski definition) is 5. The summed E-state index contributed by atoms with van der Waals surface area (Å²) in [5.41, 5.74) is 0.792. The number of alkyl halides is 3. The third-order valence-corrected chi connectivity index (χ3v) is 4.72. The van der Waals surface area contributed by atoms with Crippen LogP contribution in [0.2, 0.25) is 0 Å². The van der Waals surface area contributed by atoms with Crippen LogP contribution in [0.5, 0.6) is 6.01 Å². The summed E-state index contributed by atoms with van der Waals surface area (Å²) in [5.74, 6) is 0.337. The van der Waals surface area contributed by atoms with Crippen molar-refractivity contribution in [2.24, 2.45) is 5.92 Å². The van der Waals surface area contributed by atoms with Crippen molar-refractivity contribution < 1.29 is 27.1 Å². The summed E-state index contributed by atoms with van der Waals surface area (Å²) < 4.78 is 51.1. The van der Waals surface area contributed by atoms with Crippen LogP contribution in [0.3, 0.4) is 0 Å². The first-order chi connectivity index (χ1) is 16.2. The van der Waals surface area contributed by atoms with Gasteiger partial charge in [0.05, 0.1) is 24.1 Å². The summed E-state index contributed by atoms with van der Waals surface area (Å²) in [7, 11) is 0. The highest BCUT2D eigenvalue weighted by atomic mass is 19.4. The average Bonchev–Trinajstić information content (AvgIpc) is 3.48. The molecule has 0 spiro atoms. The number of ether oxygens (including phenoxy) is 1. The Balaban J connectivity index is 1.63. The number of anilines is 1. The van der Waals surface area contributed by atoms with E-state index in [0.29, 0.717) is 29.4 Å². The molecule has 0 atom stereocenters. The molecule has 0 fully saturated rings. The van der Waals surface area contributed by atoms with Gasteiger partial charge < -0.3 is 14.5 Å². The minimum absolute atomic E-state index is 0.110. The zero-order chi connectivity index (χ0) is 24.3. The maximum Gasteiger partial charge on any atom is 0.416 e. The molecule has 2 heterocycles. The number of hydrogen-bond donors (Lipinski definition) is 1. The minimum Gasteiger partial charge on any atom is -0.462 e. The standard InChI is InChI=1S/C24H21F3N4O3/c1-15(2)14-34-23-29-21(16-5-7-17(8-6-16)24(25,26)27)31(30-23)19-11-9-18(10-12-19)28-22(32)20-4-3-13-33-20/h3-13,15H,14H2,1-2H3,(H,28,32). The van der Waals surface area contributed by atoms with E-state index in [1.54, 1.807) is 36.4 Å². The molecule has 1 amide bonds. The predicted molar refractivity (Wildman–Crippen MR) is 119 cm³/mol. The van der Waals surface area contributed by atoms with Gasteiger partial charge in [-0.1, -0.05) is 26.0 Å². The van der Waals surface area contributed by atoms with E-state index < -0.39 is 17.6 Å². The van der Waals surface area contributed by atoms with E-state index in [2.05, 4.69) is 15.4 Å². The molecule has 2 aromatic heterocycles. The lowest BCUT2D eigenvalue weighted by atomic mass is 10.1.